The van der Waals surface area contributed by atoms with Gasteiger partial charge in [0.15, 0.2) is 0 Å². The first-order valence-electron chi connectivity index (χ1n) is 7.81. The Labute approximate surface area is 120 Å². The van der Waals surface area contributed by atoms with Crippen molar-refractivity contribution in [3.63, 3.8) is 0 Å². The fourth-order valence-corrected chi connectivity index (χ4v) is 3.26. The molecule has 3 heterocycles. The predicted molar refractivity (Wildman–Crippen MR) is 76.5 cm³/mol. The summed E-state index contributed by atoms with van der Waals surface area (Å²) in [6.07, 6.45) is 7.32. The van der Waals surface area contributed by atoms with Crippen molar-refractivity contribution in [2.24, 2.45) is 5.92 Å². The SMILES string of the molecule is CCn1ccnc1[C@@H](N[C@@H]1CCOC1)C1CCOCC1. The van der Waals surface area contributed by atoms with Crippen LogP contribution in [0.4, 0.5) is 0 Å². The van der Waals surface area contributed by atoms with E-state index in [0.717, 1.165) is 52.2 Å². The number of hydrogen-bond donors (Lipinski definition) is 1. The summed E-state index contributed by atoms with van der Waals surface area (Å²) in [4.78, 5) is 4.62. The van der Waals surface area contributed by atoms with Crippen LogP contribution in [0, 0.1) is 5.92 Å². The lowest BCUT2D eigenvalue weighted by Crippen LogP contribution is -2.40. The molecule has 20 heavy (non-hydrogen) atoms. The minimum atomic E-state index is 0.320. The number of rotatable bonds is 5. The Balaban J connectivity index is 1.77. The van der Waals surface area contributed by atoms with E-state index in [1.807, 2.05) is 6.20 Å². The Morgan fingerprint density at radius 2 is 2.10 bits per heavy atom. The second kappa shape index (κ2) is 6.70. The number of nitrogens with zero attached hydrogens (tertiary/aromatic N) is 2. The molecule has 0 aliphatic carbocycles. The molecule has 0 unspecified atom stereocenters. The molecule has 2 aliphatic heterocycles. The lowest BCUT2D eigenvalue weighted by atomic mass is 9.90. The highest BCUT2D eigenvalue weighted by molar-refractivity contribution is 5.03. The van der Waals surface area contributed by atoms with Gasteiger partial charge in [-0.05, 0) is 32.1 Å². The first kappa shape index (κ1) is 14.0. The maximum Gasteiger partial charge on any atom is 0.126 e. The molecule has 0 amide bonds. The van der Waals surface area contributed by atoms with Gasteiger partial charge in [-0.1, -0.05) is 0 Å². The van der Waals surface area contributed by atoms with E-state index in [1.54, 1.807) is 0 Å². The summed E-state index contributed by atoms with van der Waals surface area (Å²) in [7, 11) is 0. The van der Waals surface area contributed by atoms with E-state index in [-0.39, 0.29) is 0 Å². The minimum absolute atomic E-state index is 0.320. The first-order chi connectivity index (χ1) is 9.88. The van der Waals surface area contributed by atoms with Crippen LogP contribution < -0.4 is 5.32 Å². The zero-order valence-electron chi connectivity index (χ0n) is 12.3. The van der Waals surface area contributed by atoms with Gasteiger partial charge in [0.1, 0.15) is 5.82 Å². The molecule has 0 spiro atoms. The number of imidazole rings is 1. The highest BCUT2D eigenvalue weighted by Gasteiger charge is 2.31. The Kier molecular flexibility index (Phi) is 4.70. The van der Waals surface area contributed by atoms with E-state index >= 15 is 0 Å². The number of ether oxygens (including phenoxy) is 2. The lowest BCUT2D eigenvalue weighted by Gasteiger charge is -2.32. The molecule has 0 bridgehead atoms. The third-order valence-electron chi connectivity index (χ3n) is 4.45. The molecule has 1 aromatic heterocycles. The van der Waals surface area contributed by atoms with Gasteiger partial charge in [0.2, 0.25) is 0 Å². The summed E-state index contributed by atoms with van der Waals surface area (Å²) in [6.45, 7) is 6.59. The third-order valence-corrected chi connectivity index (χ3v) is 4.45. The van der Waals surface area contributed by atoms with Gasteiger partial charge in [-0.15, -0.1) is 0 Å². The molecule has 5 nitrogen and oxygen atoms in total. The van der Waals surface area contributed by atoms with Crippen LogP contribution in [0.25, 0.3) is 0 Å². The summed E-state index contributed by atoms with van der Waals surface area (Å²) < 4.78 is 13.3. The largest absolute Gasteiger partial charge is 0.381 e. The number of aryl methyl sites for hydroxylation is 1. The number of hydrogen-bond acceptors (Lipinski definition) is 4. The standard InChI is InChI=1S/C15H25N3O2/c1-2-18-7-6-16-15(18)14(12-3-8-19-9-4-12)17-13-5-10-20-11-13/h6-7,12-14,17H,2-5,8-11H2,1H3/t13-,14+/m1/s1. The van der Waals surface area contributed by atoms with Crippen molar-refractivity contribution in [3.05, 3.63) is 18.2 Å². The van der Waals surface area contributed by atoms with Crippen molar-refractivity contribution in [1.82, 2.24) is 14.9 Å². The Hall–Kier alpha value is -0.910. The minimum Gasteiger partial charge on any atom is -0.381 e. The molecule has 3 rings (SSSR count). The maximum absolute atomic E-state index is 5.51. The molecule has 0 aromatic carbocycles. The Bertz CT molecular complexity index is 409. The molecule has 0 radical (unpaired) electrons. The van der Waals surface area contributed by atoms with Crippen molar-refractivity contribution in [1.29, 1.82) is 0 Å². The monoisotopic (exact) mass is 279 g/mol. The molecular formula is C15H25N3O2. The van der Waals surface area contributed by atoms with E-state index in [1.165, 1.54) is 5.82 Å². The van der Waals surface area contributed by atoms with Crippen LogP contribution in [0.2, 0.25) is 0 Å². The Morgan fingerprint density at radius 3 is 2.80 bits per heavy atom. The zero-order valence-corrected chi connectivity index (χ0v) is 12.3. The molecule has 1 N–H and O–H groups in total. The highest BCUT2D eigenvalue weighted by Crippen LogP contribution is 2.30. The predicted octanol–water partition coefficient (Wildman–Crippen LogP) is 1.75. The van der Waals surface area contributed by atoms with Crippen LogP contribution in [0.3, 0.4) is 0 Å². The van der Waals surface area contributed by atoms with Crippen molar-refractivity contribution >= 4 is 0 Å². The molecule has 2 aliphatic rings. The maximum atomic E-state index is 5.51. The van der Waals surface area contributed by atoms with Crippen LogP contribution in [0.15, 0.2) is 12.4 Å². The van der Waals surface area contributed by atoms with Gasteiger partial charge in [-0.2, -0.15) is 0 Å². The summed E-state index contributed by atoms with van der Waals surface area (Å²) in [5.74, 6) is 1.78. The second-order valence-electron chi connectivity index (χ2n) is 5.73. The fourth-order valence-electron chi connectivity index (χ4n) is 3.26. The average molecular weight is 279 g/mol. The van der Waals surface area contributed by atoms with Crippen LogP contribution in [0.5, 0.6) is 0 Å². The first-order valence-corrected chi connectivity index (χ1v) is 7.81. The Morgan fingerprint density at radius 1 is 1.30 bits per heavy atom. The molecular weight excluding hydrogens is 254 g/mol. The van der Waals surface area contributed by atoms with E-state index in [0.29, 0.717) is 18.0 Å². The fraction of sp³-hybridized carbons (Fsp3) is 0.800. The van der Waals surface area contributed by atoms with Crippen molar-refractivity contribution < 1.29 is 9.47 Å². The van der Waals surface area contributed by atoms with Gasteiger partial charge in [-0.3, -0.25) is 0 Å². The van der Waals surface area contributed by atoms with Gasteiger partial charge >= 0.3 is 0 Å². The summed E-state index contributed by atoms with van der Waals surface area (Å²) in [5, 5.41) is 3.80. The third kappa shape index (κ3) is 3.05. The molecule has 0 saturated carbocycles. The molecule has 2 atom stereocenters. The number of nitrogens with one attached hydrogen (secondary N) is 1. The van der Waals surface area contributed by atoms with Crippen molar-refractivity contribution in [2.75, 3.05) is 26.4 Å². The van der Waals surface area contributed by atoms with E-state index in [2.05, 4.69) is 28.0 Å². The van der Waals surface area contributed by atoms with Crippen LogP contribution in [0.1, 0.15) is 38.1 Å². The number of aromatic nitrogens is 2. The van der Waals surface area contributed by atoms with Crippen LogP contribution >= 0.6 is 0 Å². The molecule has 5 heteroatoms. The second-order valence-corrected chi connectivity index (χ2v) is 5.73. The van der Waals surface area contributed by atoms with Crippen LogP contribution in [-0.2, 0) is 16.0 Å². The van der Waals surface area contributed by atoms with Gasteiger partial charge in [0, 0.05) is 44.8 Å². The van der Waals surface area contributed by atoms with Crippen molar-refractivity contribution in [3.8, 4) is 0 Å². The van der Waals surface area contributed by atoms with Gasteiger partial charge < -0.3 is 19.4 Å². The van der Waals surface area contributed by atoms with Gasteiger partial charge in [0.05, 0.1) is 12.6 Å². The summed E-state index contributed by atoms with van der Waals surface area (Å²) >= 11 is 0. The smallest absolute Gasteiger partial charge is 0.126 e. The van der Waals surface area contributed by atoms with Crippen molar-refractivity contribution in [2.45, 2.75) is 44.8 Å². The highest BCUT2D eigenvalue weighted by atomic mass is 16.5. The molecule has 1 aromatic rings. The summed E-state index contributed by atoms with van der Waals surface area (Å²) in [6, 6.07) is 0.783. The normalized spacial score (nSPS) is 25.9. The van der Waals surface area contributed by atoms with Gasteiger partial charge in [0.25, 0.3) is 0 Å². The summed E-state index contributed by atoms with van der Waals surface area (Å²) in [5.41, 5.74) is 0. The van der Waals surface area contributed by atoms with Gasteiger partial charge in [-0.25, -0.2) is 4.98 Å². The quantitative estimate of drug-likeness (QED) is 0.892. The average Bonchev–Trinajstić information content (AvgIpc) is 3.16. The lowest BCUT2D eigenvalue weighted by molar-refractivity contribution is 0.0497. The van der Waals surface area contributed by atoms with E-state index in [9.17, 15) is 0 Å². The molecule has 2 fully saturated rings. The zero-order chi connectivity index (χ0) is 13.8. The topological polar surface area (TPSA) is 48.3 Å². The van der Waals surface area contributed by atoms with E-state index < -0.39 is 0 Å². The molecule has 2 saturated heterocycles. The molecule has 112 valence electrons. The van der Waals surface area contributed by atoms with E-state index in [4.69, 9.17) is 9.47 Å². The van der Waals surface area contributed by atoms with Crippen LogP contribution in [-0.4, -0.2) is 42.0 Å².